The molecule has 1 N–H and O–H groups in total. The van der Waals surface area contributed by atoms with E-state index in [4.69, 9.17) is 27.9 Å². The molecule has 0 bridgehead atoms. The van der Waals surface area contributed by atoms with Gasteiger partial charge < -0.3 is 10.1 Å². The minimum absolute atomic E-state index is 0.0355. The van der Waals surface area contributed by atoms with Gasteiger partial charge in [-0.3, -0.25) is 9.69 Å². The average molecular weight is 445 g/mol. The molecule has 1 aromatic carbocycles. The maximum absolute atomic E-state index is 12.1. The molecule has 3 rings (SSSR count). The Morgan fingerprint density at radius 1 is 1.25 bits per heavy atom. The Labute approximate surface area is 182 Å². The SMILES string of the molecule is O=C(CCCSC1CCCC1)NCC1CN(Cc2ccc(Cl)c(Cl)c2)CCO1. The van der Waals surface area contributed by atoms with Crippen LogP contribution in [0, 0.1) is 0 Å². The highest BCUT2D eigenvalue weighted by atomic mass is 35.5. The number of ether oxygens (including phenoxy) is 1. The van der Waals surface area contributed by atoms with Crippen molar-refractivity contribution < 1.29 is 9.53 Å². The summed E-state index contributed by atoms with van der Waals surface area (Å²) in [5.74, 6) is 1.23. The molecule has 1 atom stereocenters. The molecule has 1 aliphatic heterocycles. The largest absolute Gasteiger partial charge is 0.374 e. The predicted octanol–water partition coefficient (Wildman–Crippen LogP) is 4.77. The summed E-state index contributed by atoms with van der Waals surface area (Å²) in [5.41, 5.74) is 1.14. The van der Waals surface area contributed by atoms with Gasteiger partial charge in [-0.05, 0) is 42.7 Å². The Bertz CT molecular complexity index is 641. The van der Waals surface area contributed by atoms with Crippen molar-refractivity contribution >= 4 is 40.9 Å². The van der Waals surface area contributed by atoms with Crippen LogP contribution in [-0.4, -0.2) is 54.2 Å². The van der Waals surface area contributed by atoms with Gasteiger partial charge in [-0.15, -0.1) is 0 Å². The Kier molecular flexibility index (Phi) is 9.25. The van der Waals surface area contributed by atoms with Crippen molar-refractivity contribution in [3.05, 3.63) is 33.8 Å². The van der Waals surface area contributed by atoms with Gasteiger partial charge in [0.25, 0.3) is 0 Å². The highest BCUT2D eigenvalue weighted by Crippen LogP contribution is 2.29. The molecule has 0 radical (unpaired) electrons. The van der Waals surface area contributed by atoms with Crippen molar-refractivity contribution in [2.45, 2.75) is 56.4 Å². The van der Waals surface area contributed by atoms with Gasteiger partial charge in [0.15, 0.2) is 0 Å². The number of amides is 1. The van der Waals surface area contributed by atoms with E-state index in [1.807, 2.05) is 30.0 Å². The van der Waals surface area contributed by atoms with Crippen LogP contribution < -0.4 is 5.32 Å². The predicted molar refractivity (Wildman–Crippen MR) is 118 cm³/mol. The highest BCUT2D eigenvalue weighted by Gasteiger charge is 2.21. The van der Waals surface area contributed by atoms with Crippen molar-refractivity contribution in [1.82, 2.24) is 10.2 Å². The van der Waals surface area contributed by atoms with Crippen molar-refractivity contribution in [1.29, 1.82) is 0 Å². The van der Waals surface area contributed by atoms with Gasteiger partial charge in [-0.25, -0.2) is 0 Å². The first-order valence-electron chi connectivity index (χ1n) is 10.3. The summed E-state index contributed by atoms with van der Waals surface area (Å²) in [6, 6.07) is 5.76. The Hall–Kier alpha value is -0.460. The van der Waals surface area contributed by atoms with Crippen LogP contribution in [0.5, 0.6) is 0 Å². The Balaban J connectivity index is 1.31. The number of morpholine rings is 1. The minimum Gasteiger partial charge on any atom is -0.374 e. The summed E-state index contributed by atoms with van der Waals surface area (Å²) in [5, 5.41) is 5.04. The number of hydrogen-bond donors (Lipinski definition) is 1. The van der Waals surface area contributed by atoms with E-state index >= 15 is 0 Å². The fraction of sp³-hybridized carbons (Fsp3) is 0.667. The van der Waals surface area contributed by atoms with E-state index in [2.05, 4.69) is 10.2 Å². The molecule has 28 heavy (non-hydrogen) atoms. The van der Waals surface area contributed by atoms with Crippen LogP contribution in [0.25, 0.3) is 0 Å². The second-order valence-corrected chi connectivity index (χ2v) is 9.88. The minimum atomic E-state index is 0.0355. The van der Waals surface area contributed by atoms with Crippen LogP contribution >= 0.6 is 35.0 Å². The van der Waals surface area contributed by atoms with Crippen LogP contribution in [0.3, 0.4) is 0 Å². The molecule has 7 heteroatoms. The van der Waals surface area contributed by atoms with Gasteiger partial charge in [0.05, 0.1) is 22.8 Å². The van der Waals surface area contributed by atoms with Gasteiger partial charge in [0.2, 0.25) is 5.91 Å². The van der Waals surface area contributed by atoms with Crippen LogP contribution in [-0.2, 0) is 16.1 Å². The highest BCUT2D eigenvalue weighted by molar-refractivity contribution is 7.99. The van der Waals surface area contributed by atoms with Crippen LogP contribution in [0.4, 0.5) is 0 Å². The zero-order valence-corrected chi connectivity index (χ0v) is 18.6. The number of halogens is 2. The van der Waals surface area contributed by atoms with Gasteiger partial charge in [-0.1, -0.05) is 42.1 Å². The third kappa shape index (κ3) is 7.42. The number of hydrogen-bond acceptors (Lipinski definition) is 4. The molecule has 156 valence electrons. The molecule has 1 aliphatic carbocycles. The first-order chi connectivity index (χ1) is 13.6. The second-order valence-electron chi connectivity index (χ2n) is 7.66. The molecule has 1 saturated heterocycles. The summed E-state index contributed by atoms with van der Waals surface area (Å²) in [6.07, 6.45) is 7.07. The number of nitrogens with one attached hydrogen (secondary N) is 1. The standard InChI is InChI=1S/C21H30Cl2N2O2S/c22-19-8-7-16(12-20(19)23)14-25-9-10-27-17(15-25)13-24-21(26)6-3-11-28-18-4-1-2-5-18/h7-8,12,17-18H,1-6,9-11,13-15H2,(H,24,26). The number of carbonyl (C=O) groups is 1. The Morgan fingerprint density at radius 3 is 2.86 bits per heavy atom. The lowest BCUT2D eigenvalue weighted by Gasteiger charge is -2.33. The molecule has 0 spiro atoms. The van der Waals surface area contributed by atoms with Crippen molar-refractivity contribution in [3.8, 4) is 0 Å². The lowest BCUT2D eigenvalue weighted by atomic mass is 10.2. The van der Waals surface area contributed by atoms with E-state index in [1.54, 1.807) is 0 Å². The third-order valence-electron chi connectivity index (χ3n) is 5.34. The number of nitrogens with zero attached hydrogens (tertiary/aromatic N) is 1. The normalized spacial score (nSPS) is 21.1. The lowest BCUT2D eigenvalue weighted by molar-refractivity contribution is -0.122. The third-order valence-corrected chi connectivity index (χ3v) is 7.55. The summed E-state index contributed by atoms with van der Waals surface area (Å²) in [6.45, 7) is 3.75. The number of carbonyl (C=O) groups excluding carboxylic acids is 1. The van der Waals surface area contributed by atoms with E-state index in [1.165, 1.54) is 25.7 Å². The zero-order valence-electron chi connectivity index (χ0n) is 16.3. The van der Waals surface area contributed by atoms with E-state index < -0.39 is 0 Å². The molecular formula is C21H30Cl2N2O2S. The molecule has 0 aromatic heterocycles. The monoisotopic (exact) mass is 444 g/mol. The molecule has 1 heterocycles. The smallest absolute Gasteiger partial charge is 0.220 e. The fourth-order valence-corrected chi connectivity index (χ4v) is 5.43. The fourth-order valence-electron chi connectivity index (χ4n) is 3.80. The van der Waals surface area contributed by atoms with E-state index in [0.717, 1.165) is 42.6 Å². The van der Waals surface area contributed by atoms with E-state index in [0.29, 0.717) is 29.6 Å². The Morgan fingerprint density at radius 2 is 2.07 bits per heavy atom. The van der Waals surface area contributed by atoms with Gasteiger partial charge in [0.1, 0.15) is 0 Å². The number of benzene rings is 1. The molecular weight excluding hydrogens is 415 g/mol. The molecule has 1 aromatic rings. The van der Waals surface area contributed by atoms with Gasteiger partial charge >= 0.3 is 0 Å². The van der Waals surface area contributed by atoms with E-state index in [9.17, 15) is 4.79 Å². The summed E-state index contributed by atoms with van der Waals surface area (Å²) in [7, 11) is 0. The molecule has 1 unspecified atom stereocenters. The van der Waals surface area contributed by atoms with Crippen LogP contribution in [0.1, 0.15) is 44.1 Å². The topological polar surface area (TPSA) is 41.6 Å². The van der Waals surface area contributed by atoms with Crippen molar-refractivity contribution in [2.75, 3.05) is 32.0 Å². The maximum atomic E-state index is 12.1. The van der Waals surface area contributed by atoms with Crippen molar-refractivity contribution in [2.24, 2.45) is 0 Å². The quantitative estimate of drug-likeness (QED) is 0.557. The van der Waals surface area contributed by atoms with Gasteiger partial charge in [0, 0.05) is 37.8 Å². The van der Waals surface area contributed by atoms with Gasteiger partial charge in [-0.2, -0.15) is 11.8 Å². The van der Waals surface area contributed by atoms with Crippen molar-refractivity contribution in [3.63, 3.8) is 0 Å². The summed E-state index contributed by atoms with van der Waals surface area (Å²) in [4.78, 5) is 14.4. The maximum Gasteiger partial charge on any atom is 0.220 e. The zero-order chi connectivity index (χ0) is 19.8. The summed E-state index contributed by atoms with van der Waals surface area (Å²) >= 11 is 14.1. The van der Waals surface area contributed by atoms with Crippen LogP contribution in [0.15, 0.2) is 18.2 Å². The first kappa shape index (κ1) is 22.2. The van der Waals surface area contributed by atoms with Crippen LogP contribution in [0.2, 0.25) is 10.0 Å². The molecule has 1 amide bonds. The second kappa shape index (κ2) is 11.7. The first-order valence-corrected chi connectivity index (χ1v) is 12.1. The summed E-state index contributed by atoms with van der Waals surface area (Å²) < 4.78 is 5.82. The average Bonchev–Trinajstić information content (AvgIpc) is 3.20. The molecule has 2 aliphatic rings. The molecule has 4 nitrogen and oxygen atoms in total. The molecule has 1 saturated carbocycles. The lowest BCUT2D eigenvalue weighted by Crippen LogP contribution is -2.47. The number of thioether (sulfide) groups is 1. The van der Waals surface area contributed by atoms with E-state index in [-0.39, 0.29) is 12.0 Å². The number of rotatable bonds is 9. The molecule has 2 fully saturated rings.